The van der Waals surface area contributed by atoms with Crippen molar-refractivity contribution in [3.8, 4) is 39.3 Å². The fourth-order valence-corrected chi connectivity index (χ4v) is 3.56. The van der Waals surface area contributed by atoms with Crippen LogP contribution in [0.1, 0.15) is 0 Å². The number of rotatable bonds is 4. The molecule has 1 aromatic carbocycles. The Morgan fingerprint density at radius 2 is 1.69 bits per heavy atom. The van der Waals surface area contributed by atoms with Crippen LogP contribution in [-0.4, -0.2) is 17.1 Å². The molecule has 0 saturated carbocycles. The average Bonchev–Trinajstić information content (AvgIpc) is 3.23. The first-order valence-corrected chi connectivity index (χ1v) is 9.05. The Morgan fingerprint density at radius 1 is 0.923 bits per heavy atom. The van der Waals surface area contributed by atoms with E-state index < -0.39 is 0 Å². The zero-order valence-corrected chi connectivity index (χ0v) is 14.9. The highest BCUT2D eigenvalue weighted by Crippen LogP contribution is 2.33. The standard InChI is InChI=1S/C21H16N2O2S/c1-25-17-4-2-14(3-5-17)18-12-19(16-8-11-26-13-16)21(24)23-20(18)15-6-9-22-10-7-15/h2-13H,1H3,(H,23,24). The first-order valence-electron chi connectivity index (χ1n) is 8.11. The molecule has 0 atom stereocenters. The number of ether oxygens (including phenoxy) is 1. The molecule has 0 aliphatic carbocycles. The lowest BCUT2D eigenvalue weighted by Gasteiger charge is -2.12. The van der Waals surface area contributed by atoms with Gasteiger partial charge < -0.3 is 9.72 Å². The zero-order valence-electron chi connectivity index (χ0n) is 14.1. The molecule has 3 heterocycles. The number of hydrogen-bond donors (Lipinski definition) is 1. The number of aromatic amines is 1. The summed E-state index contributed by atoms with van der Waals surface area (Å²) in [6.45, 7) is 0. The van der Waals surface area contributed by atoms with Crippen LogP contribution < -0.4 is 10.3 Å². The topological polar surface area (TPSA) is 55.0 Å². The van der Waals surface area contributed by atoms with Gasteiger partial charge in [-0.25, -0.2) is 0 Å². The Bertz CT molecular complexity index is 1070. The van der Waals surface area contributed by atoms with E-state index in [9.17, 15) is 4.79 Å². The highest BCUT2D eigenvalue weighted by molar-refractivity contribution is 7.08. The van der Waals surface area contributed by atoms with E-state index in [0.29, 0.717) is 5.56 Å². The van der Waals surface area contributed by atoms with E-state index in [1.54, 1.807) is 30.8 Å². The fraction of sp³-hybridized carbons (Fsp3) is 0.0476. The van der Waals surface area contributed by atoms with Crippen LogP contribution in [0.15, 0.2) is 76.5 Å². The van der Waals surface area contributed by atoms with Crippen molar-refractivity contribution in [3.05, 3.63) is 82.0 Å². The van der Waals surface area contributed by atoms with Crippen LogP contribution in [0.5, 0.6) is 5.75 Å². The lowest BCUT2D eigenvalue weighted by atomic mass is 9.97. The molecule has 5 heteroatoms. The lowest BCUT2D eigenvalue weighted by Crippen LogP contribution is -2.11. The summed E-state index contributed by atoms with van der Waals surface area (Å²) in [6.07, 6.45) is 3.44. The smallest absolute Gasteiger partial charge is 0.256 e. The van der Waals surface area contributed by atoms with Gasteiger partial charge in [-0.15, -0.1) is 0 Å². The molecule has 0 unspecified atom stereocenters. The van der Waals surface area contributed by atoms with Crippen molar-refractivity contribution in [2.45, 2.75) is 0 Å². The van der Waals surface area contributed by atoms with E-state index in [2.05, 4.69) is 9.97 Å². The van der Waals surface area contributed by atoms with Gasteiger partial charge in [0.1, 0.15) is 5.75 Å². The zero-order chi connectivity index (χ0) is 17.9. The molecule has 4 aromatic rings. The molecule has 0 amide bonds. The van der Waals surface area contributed by atoms with Gasteiger partial charge in [-0.05, 0) is 58.3 Å². The molecule has 1 N–H and O–H groups in total. The maximum Gasteiger partial charge on any atom is 0.256 e. The second-order valence-electron chi connectivity index (χ2n) is 5.78. The Balaban J connectivity index is 1.96. The molecule has 0 aliphatic rings. The van der Waals surface area contributed by atoms with Crippen molar-refractivity contribution in [1.82, 2.24) is 9.97 Å². The van der Waals surface area contributed by atoms with Crippen molar-refractivity contribution in [2.75, 3.05) is 7.11 Å². The van der Waals surface area contributed by atoms with Gasteiger partial charge in [-0.1, -0.05) is 12.1 Å². The van der Waals surface area contributed by atoms with Crippen molar-refractivity contribution in [2.24, 2.45) is 0 Å². The molecular formula is C21H16N2O2S. The van der Waals surface area contributed by atoms with E-state index in [-0.39, 0.29) is 5.56 Å². The number of pyridine rings is 2. The molecule has 0 bridgehead atoms. The Kier molecular flexibility index (Phi) is 4.37. The van der Waals surface area contributed by atoms with Crippen LogP contribution in [0.2, 0.25) is 0 Å². The molecule has 3 aromatic heterocycles. The lowest BCUT2D eigenvalue weighted by molar-refractivity contribution is 0.415. The minimum atomic E-state index is -0.104. The summed E-state index contributed by atoms with van der Waals surface area (Å²) >= 11 is 1.57. The maximum absolute atomic E-state index is 12.7. The molecule has 0 aliphatic heterocycles. The van der Waals surface area contributed by atoms with Crippen LogP contribution in [0.25, 0.3) is 33.5 Å². The maximum atomic E-state index is 12.7. The molecule has 0 spiro atoms. The molecule has 128 valence electrons. The number of thiophene rings is 1. The normalized spacial score (nSPS) is 10.7. The van der Waals surface area contributed by atoms with Crippen LogP contribution in [0.4, 0.5) is 0 Å². The number of methoxy groups -OCH3 is 1. The van der Waals surface area contributed by atoms with Gasteiger partial charge in [0, 0.05) is 29.1 Å². The summed E-state index contributed by atoms with van der Waals surface area (Å²) in [6, 6.07) is 15.5. The summed E-state index contributed by atoms with van der Waals surface area (Å²) in [5.41, 5.74) is 5.14. The largest absolute Gasteiger partial charge is 0.497 e. The van der Waals surface area contributed by atoms with E-state index >= 15 is 0 Å². The number of hydrogen-bond acceptors (Lipinski definition) is 4. The van der Waals surface area contributed by atoms with Gasteiger partial charge in [-0.2, -0.15) is 11.3 Å². The Labute approximate surface area is 154 Å². The van der Waals surface area contributed by atoms with Gasteiger partial charge >= 0.3 is 0 Å². The molecule has 26 heavy (non-hydrogen) atoms. The van der Waals surface area contributed by atoms with Crippen LogP contribution >= 0.6 is 11.3 Å². The average molecular weight is 360 g/mol. The third-order valence-electron chi connectivity index (χ3n) is 4.24. The van der Waals surface area contributed by atoms with E-state index in [4.69, 9.17) is 4.74 Å². The van der Waals surface area contributed by atoms with Crippen molar-refractivity contribution in [1.29, 1.82) is 0 Å². The minimum Gasteiger partial charge on any atom is -0.497 e. The van der Waals surface area contributed by atoms with Gasteiger partial charge in [0.25, 0.3) is 5.56 Å². The summed E-state index contributed by atoms with van der Waals surface area (Å²) in [5, 5.41) is 3.95. The number of nitrogens with one attached hydrogen (secondary N) is 1. The molecular weight excluding hydrogens is 344 g/mol. The monoisotopic (exact) mass is 360 g/mol. The number of H-pyrrole nitrogens is 1. The SMILES string of the molecule is COc1ccc(-c2cc(-c3ccsc3)c(=O)[nH]c2-c2ccncc2)cc1. The van der Waals surface area contributed by atoms with Gasteiger partial charge in [0.05, 0.1) is 12.8 Å². The number of aromatic nitrogens is 2. The van der Waals surface area contributed by atoms with Crippen LogP contribution in [-0.2, 0) is 0 Å². The van der Waals surface area contributed by atoms with Crippen LogP contribution in [0.3, 0.4) is 0 Å². The molecule has 0 saturated heterocycles. The fourth-order valence-electron chi connectivity index (χ4n) is 2.91. The van der Waals surface area contributed by atoms with Gasteiger partial charge in [0.2, 0.25) is 0 Å². The van der Waals surface area contributed by atoms with Gasteiger partial charge in [-0.3, -0.25) is 9.78 Å². The third kappa shape index (κ3) is 3.05. The van der Waals surface area contributed by atoms with Crippen LogP contribution in [0, 0.1) is 0 Å². The highest BCUT2D eigenvalue weighted by Gasteiger charge is 2.14. The summed E-state index contributed by atoms with van der Waals surface area (Å²) < 4.78 is 5.26. The van der Waals surface area contributed by atoms with Crippen molar-refractivity contribution < 1.29 is 4.74 Å². The van der Waals surface area contributed by atoms with E-state index in [1.165, 1.54) is 0 Å². The van der Waals surface area contributed by atoms with E-state index in [1.807, 2.05) is 59.3 Å². The van der Waals surface area contributed by atoms with Crippen molar-refractivity contribution >= 4 is 11.3 Å². The van der Waals surface area contributed by atoms with Gasteiger partial charge in [0.15, 0.2) is 0 Å². The Hall–Kier alpha value is -3.18. The summed E-state index contributed by atoms with van der Waals surface area (Å²) in [5.74, 6) is 0.793. The second-order valence-corrected chi connectivity index (χ2v) is 6.56. The summed E-state index contributed by atoms with van der Waals surface area (Å²) in [7, 11) is 1.64. The number of nitrogens with zero attached hydrogens (tertiary/aromatic N) is 1. The predicted molar refractivity (Wildman–Crippen MR) is 106 cm³/mol. The molecule has 0 fully saturated rings. The molecule has 4 nitrogen and oxygen atoms in total. The number of benzene rings is 1. The second kappa shape index (κ2) is 6.98. The predicted octanol–water partition coefficient (Wildman–Crippen LogP) is 4.84. The molecule has 4 rings (SSSR count). The third-order valence-corrected chi connectivity index (χ3v) is 4.93. The van der Waals surface area contributed by atoms with E-state index in [0.717, 1.165) is 33.7 Å². The highest BCUT2D eigenvalue weighted by atomic mass is 32.1. The first-order chi connectivity index (χ1) is 12.8. The van der Waals surface area contributed by atoms with Crippen molar-refractivity contribution in [3.63, 3.8) is 0 Å². The minimum absolute atomic E-state index is 0.104. The quantitative estimate of drug-likeness (QED) is 0.566. The molecule has 0 radical (unpaired) electrons. The first kappa shape index (κ1) is 16.3. The summed E-state index contributed by atoms with van der Waals surface area (Å²) in [4.78, 5) is 19.8. The Morgan fingerprint density at radius 3 is 2.35 bits per heavy atom.